The number of rotatable bonds is 5. The second kappa shape index (κ2) is 8.58. The second-order valence-corrected chi connectivity index (χ2v) is 66.1. The first-order valence-corrected chi connectivity index (χ1v) is 36.4. The number of hydrogen-bond acceptors (Lipinski definition) is 0. The molecule has 0 radical (unpaired) electrons. The van der Waals surface area contributed by atoms with Crippen molar-refractivity contribution >= 4 is 39.1 Å². The van der Waals surface area contributed by atoms with Gasteiger partial charge in [-0.1, -0.05) is 0 Å². The molecule has 0 N–H and O–H groups in total. The van der Waals surface area contributed by atoms with Gasteiger partial charge in [-0.15, -0.1) is 0 Å². The topological polar surface area (TPSA) is 0 Å². The summed E-state index contributed by atoms with van der Waals surface area (Å²) in [6.45, 7) is 20.4. The minimum atomic E-state index is -4.37. The quantitative estimate of drug-likeness (QED) is 0.274. The van der Waals surface area contributed by atoms with E-state index in [9.17, 15) is 0 Å². The van der Waals surface area contributed by atoms with Gasteiger partial charge in [0.2, 0.25) is 0 Å². The molecule has 0 amide bonds. The molecule has 0 aromatic carbocycles. The molecule has 0 aromatic rings. The SMILES string of the molecule is C[SiH](C)[Zr]([Cl])([Cl])([CH]1C([Si](C)(C)C)=CC2=C1CCCC2)[CH]1C([Si](C)(C)C)=CC2=C1CCCC2. The summed E-state index contributed by atoms with van der Waals surface area (Å²) in [5.74, 6) is -1.34. The first-order valence-electron chi connectivity index (χ1n) is 13.1. The van der Waals surface area contributed by atoms with E-state index in [1.807, 2.05) is 0 Å². The molecule has 0 nitrogen and oxygen atoms in total. The second-order valence-electron chi connectivity index (χ2n) is 13.5. The summed E-state index contributed by atoms with van der Waals surface area (Å²) in [4.78, 5) is 0. The van der Waals surface area contributed by atoms with Gasteiger partial charge in [-0.2, -0.15) is 0 Å². The summed E-state index contributed by atoms with van der Waals surface area (Å²) in [5, 5.41) is 3.47. The zero-order valence-electron chi connectivity index (χ0n) is 21.8. The Kier molecular flexibility index (Phi) is 7.01. The Morgan fingerprint density at radius 1 is 0.688 bits per heavy atom. The van der Waals surface area contributed by atoms with Crippen LogP contribution in [0.5, 0.6) is 0 Å². The Hall–Kier alpha value is 1.07. The Morgan fingerprint density at radius 2 is 1.03 bits per heavy atom. The van der Waals surface area contributed by atoms with Crippen LogP contribution in [0.2, 0.25) is 59.6 Å². The molecule has 0 bridgehead atoms. The van der Waals surface area contributed by atoms with Crippen molar-refractivity contribution in [2.75, 3.05) is 0 Å². The van der Waals surface area contributed by atoms with E-state index in [1.54, 1.807) is 32.7 Å². The molecule has 4 rings (SSSR count). The Morgan fingerprint density at radius 3 is 1.34 bits per heavy atom. The molecule has 4 aliphatic rings. The summed E-state index contributed by atoms with van der Waals surface area (Å²) < 4.78 is 0.874. The van der Waals surface area contributed by atoms with E-state index in [4.69, 9.17) is 17.0 Å². The molecule has 0 spiro atoms. The third-order valence-electron chi connectivity index (χ3n) is 9.03. The monoisotopic (exact) mass is 601 g/mol. The third-order valence-corrected chi connectivity index (χ3v) is 66.5. The predicted octanol–water partition coefficient (Wildman–Crippen LogP) is 9.92. The molecular formula is C26H45Cl2Si3Zr. The fourth-order valence-electron chi connectivity index (χ4n) is 7.20. The van der Waals surface area contributed by atoms with Crippen molar-refractivity contribution in [1.29, 1.82) is 0 Å². The molecule has 6 heteroatoms. The molecule has 2 atom stereocenters. The van der Waals surface area contributed by atoms with Crippen molar-refractivity contribution in [3.63, 3.8) is 0 Å². The average molecular weight is 604 g/mol. The maximum atomic E-state index is 8.51. The van der Waals surface area contributed by atoms with Gasteiger partial charge in [-0.3, -0.25) is 0 Å². The summed E-state index contributed by atoms with van der Waals surface area (Å²) >= 11 is -4.37. The van der Waals surface area contributed by atoms with Crippen molar-refractivity contribution in [3.8, 4) is 0 Å². The van der Waals surface area contributed by atoms with Crippen LogP contribution in [0.15, 0.2) is 44.8 Å². The van der Waals surface area contributed by atoms with Gasteiger partial charge in [-0.05, 0) is 0 Å². The standard InChI is InChI=1S/2C12H19Si.C2H7Si.2ClH.Zr/c2*1-13(2,3)12-8-10-6-4-5-7-11(10)9-12;1-3-2;;;/h2*8-9H,4-7H2,1-3H3;3H,1-2H3;2*1H;/q;;;;;+2/p-2. The molecule has 0 aromatic heterocycles. The van der Waals surface area contributed by atoms with Gasteiger partial charge in [0.1, 0.15) is 0 Å². The molecule has 2 unspecified atom stereocenters. The molecule has 0 heterocycles. The van der Waals surface area contributed by atoms with Crippen LogP contribution in [0.4, 0.5) is 0 Å². The van der Waals surface area contributed by atoms with Crippen LogP contribution in [0.25, 0.3) is 0 Å². The van der Waals surface area contributed by atoms with Crippen LogP contribution in [0.1, 0.15) is 51.4 Å². The fourth-order valence-corrected chi connectivity index (χ4v) is 55.3. The van der Waals surface area contributed by atoms with E-state index in [0.717, 1.165) is 0 Å². The zero-order valence-corrected chi connectivity index (χ0v) is 28.9. The van der Waals surface area contributed by atoms with Crippen LogP contribution >= 0.6 is 17.0 Å². The van der Waals surface area contributed by atoms with Gasteiger partial charge in [0.15, 0.2) is 0 Å². The maximum absolute atomic E-state index is 8.51. The number of halogens is 2. The number of allylic oxidation sites excluding steroid dienone is 8. The van der Waals surface area contributed by atoms with Gasteiger partial charge in [-0.25, -0.2) is 0 Å². The van der Waals surface area contributed by atoms with Crippen LogP contribution in [-0.2, 0) is 15.6 Å². The van der Waals surface area contributed by atoms with Gasteiger partial charge in [0, 0.05) is 0 Å². The molecule has 179 valence electrons. The molecule has 0 saturated carbocycles. The van der Waals surface area contributed by atoms with E-state index < -0.39 is 37.6 Å². The summed E-state index contributed by atoms with van der Waals surface area (Å²) in [5.41, 5.74) is 6.77. The minimum absolute atomic E-state index is 0.437. The van der Waals surface area contributed by atoms with E-state index in [1.165, 1.54) is 51.4 Å². The van der Waals surface area contributed by atoms with Crippen molar-refractivity contribution in [2.24, 2.45) is 0 Å². The van der Waals surface area contributed by atoms with E-state index in [0.29, 0.717) is 7.25 Å². The summed E-state index contributed by atoms with van der Waals surface area (Å²) in [6, 6.07) is 0. The van der Waals surface area contributed by atoms with Crippen molar-refractivity contribution < 1.29 is 15.6 Å². The molecule has 32 heavy (non-hydrogen) atoms. The van der Waals surface area contributed by atoms with Crippen LogP contribution in [0, 0.1) is 0 Å². The molecule has 4 aliphatic carbocycles. The predicted molar refractivity (Wildman–Crippen MR) is 152 cm³/mol. The fraction of sp³-hybridized carbons (Fsp3) is 0.692. The first kappa shape index (κ1) is 26.1. The van der Waals surface area contributed by atoms with E-state index in [-0.39, 0.29) is 0 Å². The molecule has 0 fully saturated rings. The third kappa shape index (κ3) is 4.07. The van der Waals surface area contributed by atoms with Crippen molar-refractivity contribution in [1.82, 2.24) is 0 Å². The Balaban J connectivity index is 1.99. The van der Waals surface area contributed by atoms with Crippen molar-refractivity contribution in [2.45, 2.75) is 111 Å². The van der Waals surface area contributed by atoms with E-state index >= 15 is 0 Å². The first-order chi connectivity index (χ1) is 14.7. The summed E-state index contributed by atoms with van der Waals surface area (Å²) in [6.07, 6.45) is 15.7. The van der Waals surface area contributed by atoms with Crippen LogP contribution < -0.4 is 0 Å². The average Bonchev–Trinajstić information content (AvgIpc) is 3.28. The van der Waals surface area contributed by atoms with Gasteiger partial charge in [0.05, 0.1) is 0 Å². The molecule has 0 aliphatic heterocycles. The Bertz CT molecular complexity index is 871. The van der Waals surface area contributed by atoms with Crippen LogP contribution in [0.3, 0.4) is 0 Å². The number of hydrogen-bond donors (Lipinski definition) is 0. The van der Waals surface area contributed by atoms with E-state index in [2.05, 4.69) is 64.5 Å². The Labute approximate surface area is 208 Å². The normalized spacial score (nSPS) is 28.4. The van der Waals surface area contributed by atoms with Gasteiger partial charge >= 0.3 is 210 Å². The van der Waals surface area contributed by atoms with Crippen LogP contribution in [-0.4, -0.2) is 22.1 Å². The van der Waals surface area contributed by atoms with Gasteiger partial charge in [0.25, 0.3) is 0 Å². The summed E-state index contributed by atoms with van der Waals surface area (Å²) in [7, 11) is 14.0. The molecular weight excluding hydrogens is 559 g/mol. The zero-order chi connectivity index (χ0) is 23.7. The molecule has 0 saturated heterocycles. The van der Waals surface area contributed by atoms with Crippen molar-refractivity contribution in [3.05, 3.63) is 44.8 Å². The van der Waals surface area contributed by atoms with Gasteiger partial charge < -0.3 is 0 Å².